The summed E-state index contributed by atoms with van der Waals surface area (Å²) in [6.07, 6.45) is 0. The number of hydrogen-bond donors (Lipinski definition) is 0. The maximum Gasteiger partial charge on any atom is 0.143 e. The van der Waals surface area contributed by atoms with Crippen molar-refractivity contribution in [3.05, 3.63) is 200 Å². The van der Waals surface area contributed by atoms with E-state index in [9.17, 15) is 0 Å². The summed E-state index contributed by atoms with van der Waals surface area (Å²) < 4.78 is 6.68. The minimum Gasteiger partial charge on any atom is -0.455 e. The molecular formula is C52H33NO. The largest absolute Gasteiger partial charge is 0.455 e. The number of benzene rings is 10. The first-order valence-corrected chi connectivity index (χ1v) is 18.5. The number of rotatable bonds is 5. The van der Waals surface area contributed by atoms with E-state index in [1.165, 1.54) is 60.0 Å². The van der Waals surface area contributed by atoms with Gasteiger partial charge in [0.05, 0.1) is 0 Å². The number of anilines is 3. The van der Waals surface area contributed by atoms with Crippen molar-refractivity contribution in [3.63, 3.8) is 0 Å². The fourth-order valence-corrected chi connectivity index (χ4v) is 8.43. The summed E-state index contributed by atoms with van der Waals surface area (Å²) >= 11 is 0. The van der Waals surface area contributed by atoms with E-state index < -0.39 is 0 Å². The Labute approximate surface area is 312 Å². The Morgan fingerprint density at radius 3 is 1.72 bits per heavy atom. The molecule has 0 atom stereocenters. The van der Waals surface area contributed by atoms with Crippen molar-refractivity contribution >= 4 is 82.1 Å². The Kier molecular flexibility index (Phi) is 6.90. The van der Waals surface area contributed by atoms with Crippen LogP contribution in [-0.4, -0.2) is 0 Å². The van der Waals surface area contributed by atoms with Crippen LogP contribution in [0.5, 0.6) is 0 Å². The summed E-state index contributed by atoms with van der Waals surface area (Å²) in [4.78, 5) is 2.34. The normalized spacial score (nSPS) is 11.7. The molecule has 0 amide bonds. The highest BCUT2D eigenvalue weighted by Gasteiger charge is 2.18. The third kappa shape index (κ3) is 4.88. The van der Waals surface area contributed by atoms with Crippen LogP contribution < -0.4 is 4.90 Å². The van der Waals surface area contributed by atoms with Crippen LogP contribution in [-0.2, 0) is 0 Å². The zero-order valence-electron chi connectivity index (χ0n) is 29.4. The quantitative estimate of drug-likeness (QED) is 0.168. The zero-order chi connectivity index (χ0) is 35.6. The molecule has 0 N–H and O–H groups in total. The Morgan fingerprint density at radius 1 is 0.296 bits per heavy atom. The molecular weight excluding hydrogens is 655 g/mol. The van der Waals surface area contributed by atoms with E-state index in [1.807, 2.05) is 0 Å². The van der Waals surface area contributed by atoms with Crippen molar-refractivity contribution < 1.29 is 4.42 Å². The van der Waals surface area contributed by atoms with E-state index in [0.29, 0.717) is 0 Å². The molecule has 0 bridgehead atoms. The highest BCUT2D eigenvalue weighted by Crippen LogP contribution is 2.43. The average Bonchev–Trinajstić information content (AvgIpc) is 3.62. The van der Waals surface area contributed by atoms with Gasteiger partial charge >= 0.3 is 0 Å². The molecule has 0 saturated heterocycles. The molecule has 0 fully saturated rings. The van der Waals surface area contributed by atoms with Gasteiger partial charge in [-0.25, -0.2) is 0 Å². The topological polar surface area (TPSA) is 16.4 Å². The zero-order valence-corrected chi connectivity index (χ0v) is 29.4. The van der Waals surface area contributed by atoms with Crippen LogP contribution >= 0.6 is 0 Å². The van der Waals surface area contributed by atoms with E-state index in [4.69, 9.17) is 4.42 Å². The maximum absolute atomic E-state index is 6.68. The lowest BCUT2D eigenvalue weighted by molar-refractivity contribution is 0.672. The van der Waals surface area contributed by atoms with Crippen LogP contribution in [0.4, 0.5) is 17.1 Å². The molecule has 252 valence electrons. The average molecular weight is 688 g/mol. The lowest BCUT2D eigenvalue weighted by Gasteiger charge is -2.26. The molecule has 11 aromatic rings. The van der Waals surface area contributed by atoms with Crippen molar-refractivity contribution in [3.8, 4) is 22.3 Å². The van der Waals surface area contributed by atoms with Gasteiger partial charge in [-0.05, 0) is 108 Å². The van der Waals surface area contributed by atoms with Gasteiger partial charge in [-0.1, -0.05) is 146 Å². The SMILES string of the molecule is c1ccc(-c2ccc(N(c3ccc4c(-c5cc6ccccc6c6ccccc56)cccc4c3)c3ccc4c(c3)oc3c5ccccc5ccc43)cc2)cc1. The van der Waals surface area contributed by atoms with Crippen LogP contribution in [0.1, 0.15) is 0 Å². The Morgan fingerprint density at radius 2 is 0.889 bits per heavy atom. The minimum atomic E-state index is 0.871. The standard InChI is InChI=1S/C52H33NO/c1-2-11-34(12-3-1)35-21-24-39(25-22-35)53(41-27-30-48-49-28-23-36-13-4-7-17-44(36)52(49)54-51(48)33-41)40-26-29-43-37(31-40)15-10-20-46(43)50-32-38-14-5-6-16-42(38)45-18-8-9-19-47(45)50/h1-33H. The first-order valence-electron chi connectivity index (χ1n) is 18.5. The Hall–Kier alpha value is -7.16. The summed E-state index contributed by atoms with van der Waals surface area (Å²) in [5.41, 5.74) is 9.86. The summed E-state index contributed by atoms with van der Waals surface area (Å²) in [5, 5.41) is 12.0. The molecule has 0 saturated carbocycles. The summed E-state index contributed by atoms with van der Waals surface area (Å²) in [7, 11) is 0. The molecule has 1 aromatic heterocycles. The molecule has 0 aliphatic carbocycles. The van der Waals surface area contributed by atoms with E-state index in [1.54, 1.807) is 0 Å². The molecule has 0 spiro atoms. The van der Waals surface area contributed by atoms with Gasteiger partial charge in [-0.2, -0.15) is 0 Å². The van der Waals surface area contributed by atoms with E-state index in [0.717, 1.165) is 44.4 Å². The van der Waals surface area contributed by atoms with Gasteiger partial charge in [-0.15, -0.1) is 0 Å². The summed E-state index contributed by atoms with van der Waals surface area (Å²) in [6.45, 7) is 0. The predicted molar refractivity (Wildman–Crippen MR) is 229 cm³/mol. The molecule has 0 unspecified atom stereocenters. The van der Waals surface area contributed by atoms with E-state index in [-0.39, 0.29) is 0 Å². The molecule has 2 heteroatoms. The predicted octanol–water partition coefficient (Wildman–Crippen LogP) is 15.0. The molecule has 10 aromatic carbocycles. The smallest absolute Gasteiger partial charge is 0.143 e. The third-order valence-electron chi connectivity index (χ3n) is 11.0. The van der Waals surface area contributed by atoms with Crippen molar-refractivity contribution in [2.45, 2.75) is 0 Å². The van der Waals surface area contributed by atoms with E-state index >= 15 is 0 Å². The van der Waals surface area contributed by atoms with Gasteiger partial charge in [0.25, 0.3) is 0 Å². The van der Waals surface area contributed by atoms with Crippen LogP contribution in [0, 0.1) is 0 Å². The summed E-state index contributed by atoms with van der Waals surface area (Å²) in [5.74, 6) is 0. The summed E-state index contributed by atoms with van der Waals surface area (Å²) in [6, 6.07) is 72.3. The first-order chi connectivity index (χ1) is 26.8. The molecule has 54 heavy (non-hydrogen) atoms. The van der Waals surface area contributed by atoms with Crippen molar-refractivity contribution in [1.29, 1.82) is 0 Å². The molecule has 2 nitrogen and oxygen atoms in total. The third-order valence-corrected chi connectivity index (χ3v) is 11.0. The van der Waals surface area contributed by atoms with Gasteiger partial charge < -0.3 is 9.32 Å². The number of hydrogen-bond acceptors (Lipinski definition) is 2. The van der Waals surface area contributed by atoms with Gasteiger partial charge in [-0.3, -0.25) is 0 Å². The van der Waals surface area contributed by atoms with Crippen LogP contribution in [0.15, 0.2) is 205 Å². The molecule has 0 aliphatic rings. The lowest BCUT2D eigenvalue weighted by atomic mass is 9.90. The van der Waals surface area contributed by atoms with Crippen molar-refractivity contribution in [2.75, 3.05) is 4.90 Å². The fourth-order valence-electron chi connectivity index (χ4n) is 8.43. The van der Waals surface area contributed by atoms with Crippen molar-refractivity contribution in [1.82, 2.24) is 0 Å². The molecule has 1 heterocycles. The fraction of sp³-hybridized carbons (Fsp3) is 0. The van der Waals surface area contributed by atoms with Gasteiger partial charge in [0.15, 0.2) is 0 Å². The second kappa shape index (κ2) is 12.2. The van der Waals surface area contributed by atoms with Gasteiger partial charge in [0.2, 0.25) is 0 Å². The van der Waals surface area contributed by atoms with Crippen LogP contribution in [0.25, 0.3) is 87.3 Å². The lowest BCUT2D eigenvalue weighted by Crippen LogP contribution is -2.09. The number of fused-ring (bicyclic) bond motifs is 9. The number of furan rings is 1. The monoisotopic (exact) mass is 687 g/mol. The highest BCUT2D eigenvalue weighted by atomic mass is 16.3. The molecule has 0 radical (unpaired) electrons. The first kappa shape index (κ1) is 30.5. The Balaban J connectivity index is 1.09. The second-order valence-corrected chi connectivity index (χ2v) is 14.1. The Bertz CT molecular complexity index is 3210. The number of nitrogens with zero attached hydrogens (tertiary/aromatic N) is 1. The van der Waals surface area contributed by atoms with Crippen molar-refractivity contribution in [2.24, 2.45) is 0 Å². The van der Waals surface area contributed by atoms with Crippen LogP contribution in [0.2, 0.25) is 0 Å². The molecule has 0 aliphatic heterocycles. The highest BCUT2D eigenvalue weighted by molar-refractivity contribution is 6.17. The van der Waals surface area contributed by atoms with Gasteiger partial charge in [0.1, 0.15) is 11.2 Å². The minimum absolute atomic E-state index is 0.871. The van der Waals surface area contributed by atoms with Gasteiger partial charge in [0, 0.05) is 39.3 Å². The maximum atomic E-state index is 6.68. The van der Waals surface area contributed by atoms with Crippen LogP contribution in [0.3, 0.4) is 0 Å². The second-order valence-electron chi connectivity index (χ2n) is 14.1. The molecule has 11 rings (SSSR count). The van der Waals surface area contributed by atoms with E-state index in [2.05, 4.69) is 205 Å².